The summed E-state index contributed by atoms with van der Waals surface area (Å²) < 4.78 is 1.76. The van der Waals surface area contributed by atoms with Crippen molar-refractivity contribution >= 4 is 28.6 Å². The summed E-state index contributed by atoms with van der Waals surface area (Å²) in [6, 6.07) is 7.50. The van der Waals surface area contributed by atoms with E-state index in [1.54, 1.807) is 10.9 Å². The number of H-pyrrole nitrogens is 1. The van der Waals surface area contributed by atoms with Crippen molar-refractivity contribution < 1.29 is 0 Å². The normalized spacial score (nSPS) is 11.8. The summed E-state index contributed by atoms with van der Waals surface area (Å²) in [6.07, 6.45) is 1.55. The van der Waals surface area contributed by atoms with Crippen molar-refractivity contribution in [3.8, 4) is 0 Å². The van der Waals surface area contributed by atoms with Gasteiger partial charge in [0.1, 0.15) is 5.39 Å². The predicted molar refractivity (Wildman–Crippen MR) is 91.9 cm³/mol. The van der Waals surface area contributed by atoms with Crippen LogP contribution in [0.15, 0.2) is 35.3 Å². The average Bonchev–Trinajstić information content (AvgIpc) is 2.91. The van der Waals surface area contributed by atoms with Gasteiger partial charge in [0, 0.05) is 11.6 Å². The third-order valence-electron chi connectivity index (χ3n) is 3.45. The van der Waals surface area contributed by atoms with Crippen LogP contribution in [-0.2, 0) is 12.1 Å². The fraction of sp³-hybridized carbons (Fsp3) is 0.312. The Kier molecular flexibility index (Phi) is 3.85. The van der Waals surface area contributed by atoms with Crippen LogP contribution < -0.4 is 10.9 Å². The smallest absolute Gasteiger partial charge is 0.263 e. The maximum Gasteiger partial charge on any atom is 0.263 e. The molecule has 0 aliphatic heterocycles. The number of aromatic nitrogens is 4. The molecule has 2 N–H and O–H groups in total. The quantitative estimate of drug-likeness (QED) is 0.773. The molecule has 7 heteroatoms. The van der Waals surface area contributed by atoms with E-state index in [4.69, 9.17) is 11.6 Å². The summed E-state index contributed by atoms with van der Waals surface area (Å²) in [6.45, 7) is 6.59. The molecule has 0 bridgehead atoms. The first kappa shape index (κ1) is 15.6. The third-order valence-corrected chi connectivity index (χ3v) is 3.70. The zero-order valence-electron chi connectivity index (χ0n) is 13.2. The lowest BCUT2D eigenvalue weighted by molar-refractivity contribution is 0.366. The fourth-order valence-corrected chi connectivity index (χ4v) is 2.41. The SMILES string of the molecule is CC(C)(C)n1ncc2c(=O)[nH]c(NCc3ccc(Cl)cc3)nc21. The molecule has 0 fully saturated rings. The predicted octanol–water partition coefficient (Wildman–Crippen LogP) is 3.14. The first-order chi connectivity index (χ1) is 10.8. The summed E-state index contributed by atoms with van der Waals surface area (Å²) in [5.41, 5.74) is 1.15. The number of hydrogen-bond donors (Lipinski definition) is 2. The van der Waals surface area contributed by atoms with E-state index in [1.165, 1.54) is 0 Å². The van der Waals surface area contributed by atoms with Gasteiger partial charge >= 0.3 is 0 Å². The van der Waals surface area contributed by atoms with Gasteiger partial charge < -0.3 is 5.32 Å². The number of rotatable bonds is 3. The zero-order valence-corrected chi connectivity index (χ0v) is 14.0. The van der Waals surface area contributed by atoms with Crippen LogP contribution in [0.4, 0.5) is 5.95 Å². The molecule has 6 nitrogen and oxygen atoms in total. The topological polar surface area (TPSA) is 75.6 Å². The second-order valence-electron chi connectivity index (χ2n) is 6.36. The van der Waals surface area contributed by atoms with Crippen molar-refractivity contribution in [3.63, 3.8) is 0 Å². The van der Waals surface area contributed by atoms with Crippen LogP contribution in [0.5, 0.6) is 0 Å². The van der Waals surface area contributed by atoms with Crippen LogP contribution in [0.2, 0.25) is 5.02 Å². The Hall–Kier alpha value is -2.34. The molecule has 2 heterocycles. The number of halogens is 1. The summed E-state index contributed by atoms with van der Waals surface area (Å²) in [5, 5.41) is 8.59. The van der Waals surface area contributed by atoms with Gasteiger partial charge in [-0.15, -0.1) is 0 Å². The molecule has 1 aromatic carbocycles. The van der Waals surface area contributed by atoms with Crippen molar-refractivity contribution in [2.45, 2.75) is 32.9 Å². The Morgan fingerprint density at radius 2 is 1.96 bits per heavy atom. The number of aromatic amines is 1. The van der Waals surface area contributed by atoms with Gasteiger partial charge in [0.25, 0.3) is 5.56 Å². The molecule has 3 aromatic rings. The molecule has 3 rings (SSSR count). The van der Waals surface area contributed by atoms with Gasteiger partial charge in [0.2, 0.25) is 5.95 Å². The monoisotopic (exact) mass is 331 g/mol. The van der Waals surface area contributed by atoms with Gasteiger partial charge in [-0.05, 0) is 38.5 Å². The Morgan fingerprint density at radius 1 is 1.26 bits per heavy atom. The van der Waals surface area contributed by atoms with Crippen molar-refractivity contribution in [1.82, 2.24) is 19.7 Å². The molecular weight excluding hydrogens is 314 g/mol. The number of nitrogens with one attached hydrogen (secondary N) is 2. The number of anilines is 1. The molecule has 0 radical (unpaired) electrons. The molecule has 0 unspecified atom stereocenters. The largest absolute Gasteiger partial charge is 0.352 e. The summed E-state index contributed by atoms with van der Waals surface area (Å²) in [7, 11) is 0. The molecule has 120 valence electrons. The molecule has 0 atom stereocenters. The fourth-order valence-electron chi connectivity index (χ4n) is 2.28. The molecule has 0 spiro atoms. The molecule has 0 saturated heterocycles. The molecule has 0 amide bonds. The van der Waals surface area contributed by atoms with Crippen molar-refractivity contribution in [2.75, 3.05) is 5.32 Å². The minimum atomic E-state index is -0.254. The van der Waals surface area contributed by atoms with Gasteiger partial charge in [-0.25, -0.2) is 4.68 Å². The second-order valence-corrected chi connectivity index (χ2v) is 6.80. The lowest BCUT2D eigenvalue weighted by Crippen LogP contribution is -2.24. The first-order valence-electron chi connectivity index (χ1n) is 7.31. The van der Waals surface area contributed by atoms with E-state index >= 15 is 0 Å². The number of fused-ring (bicyclic) bond motifs is 1. The summed E-state index contributed by atoms with van der Waals surface area (Å²) >= 11 is 5.87. The lowest BCUT2D eigenvalue weighted by Gasteiger charge is -2.19. The standard InChI is InChI=1S/C16H18ClN5O/c1-16(2,3)22-13-12(9-19-22)14(23)21-15(20-13)18-8-10-4-6-11(17)7-5-10/h4-7,9H,8H2,1-3H3,(H2,18,20,21,23). The third kappa shape index (κ3) is 3.22. The van der Waals surface area contributed by atoms with Crippen molar-refractivity contribution in [2.24, 2.45) is 0 Å². The Balaban J connectivity index is 1.92. The van der Waals surface area contributed by atoms with Crippen LogP contribution in [0.3, 0.4) is 0 Å². The molecule has 0 saturated carbocycles. The van der Waals surface area contributed by atoms with Crippen LogP contribution in [-0.4, -0.2) is 19.7 Å². The highest BCUT2D eigenvalue weighted by molar-refractivity contribution is 6.30. The summed E-state index contributed by atoms with van der Waals surface area (Å²) in [4.78, 5) is 19.4. The Labute approximate surface area is 138 Å². The second kappa shape index (κ2) is 5.70. The van der Waals surface area contributed by atoms with E-state index in [0.29, 0.717) is 28.5 Å². The number of nitrogens with zero attached hydrogens (tertiary/aromatic N) is 3. The minimum Gasteiger partial charge on any atom is -0.352 e. The maximum atomic E-state index is 12.2. The van der Waals surface area contributed by atoms with E-state index in [9.17, 15) is 4.79 Å². The van der Waals surface area contributed by atoms with Crippen molar-refractivity contribution in [3.05, 3.63) is 51.4 Å². The van der Waals surface area contributed by atoms with Gasteiger partial charge in [0.05, 0.1) is 11.7 Å². The molecular formula is C16H18ClN5O. The number of hydrogen-bond acceptors (Lipinski definition) is 4. The van der Waals surface area contributed by atoms with E-state index < -0.39 is 0 Å². The maximum absolute atomic E-state index is 12.2. The first-order valence-corrected chi connectivity index (χ1v) is 7.69. The van der Waals surface area contributed by atoms with Gasteiger partial charge in [-0.2, -0.15) is 10.1 Å². The van der Waals surface area contributed by atoms with Crippen LogP contribution in [0.25, 0.3) is 11.0 Å². The summed E-state index contributed by atoms with van der Waals surface area (Å²) in [5.74, 6) is 0.420. The van der Waals surface area contributed by atoms with E-state index in [0.717, 1.165) is 5.56 Å². The average molecular weight is 332 g/mol. The zero-order chi connectivity index (χ0) is 16.6. The Bertz CT molecular complexity index is 889. The highest BCUT2D eigenvalue weighted by Gasteiger charge is 2.19. The molecule has 23 heavy (non-hydrogen) atoms. The van der Waals surface area contributed by atoms with E-state index in [1.807, 2.05) is 45.0 Å². The van der Waals surface area contributed by atoms with E-state index in [2.05, 4.69) is 20.4 Å². The van der Waals surface area contributed by atoms with Crippen molar-refractivity contribution in [1.29, 1.82) is 0 Å². The molecule has 2 aromatic heterocycles. The highest BCUT2D eigenvalue weighted by atomic mass is 35.5. The van der Waals surface area contributed by atoms with E-state index in [-0.39, 0.29) is 11.1 Å². The van der Waals surface area contributed by atoms with Crippen LogP contribution in [0.1, 0.15) is 26.3 Å². The highest BCUT2D eigenvalue weighted by Crippen LogP contribution is 2.19. The Morgan fingerprint density at radius 3 is 2.61 bits per heavy atom. The van der Waals surface area contributed by atoms with Crippen LogP contribution in [0, 0.1) is 0 Å². The van der Waals surface area contributed by atoms with Gasteiger partial charge in [-0.3, -0.25) is 9.78 Å². The lowest BCUT2D eigenvalue weighted by atomic mass is 10.1. The number of benzene rings is 1. The van der Waals surface area contributed by atoms with Gasteiger partial charge in [-0.1, -0.05) is 23.7 Å². The van der Waals surface area contributed by atoms with Gasteiger partial charge in [0.15, 0.2) is 5.65 Å². The van der Waals surface area contributed by atoms with Crippen LogP contribution >= 0.6 is 11.6 Å². The molecule has 0 aliphatic carbocycles. The molecule has 0 aliphatic rings. The minimum absolute atomic E-state index is 0.205.